The number of carbonyl (C=O) groups excluding carboxylic acids is 1. The highest BCUT2D eigenvalue weighted by Gasteiger charge is 2.22. The van der Waals surface area contributed by atoms with Gasteiger partial charge in [0.1, 0.15) is 5.75 Å². The molecule has 0 fully saturated rings. The summed E-state index contributed by atoms with van der Waals surface area (Å²) in [6, 6.07) is 12.9. The highest BCUT2D eigenvalue weighted by molar-refractivity contribution is 6.14. The standard InChI is InChI=1S/C18H18N2O2/c1-12(2)17-16(15-6-4-5-11-20(15)19-17)18(21)13-7-9-14(22-3)10-8-13/h4-12H,1-3H3. The highest BCUT2D eigenvalue weighted by atomic mass is 16.5. The number of benzene rings is 1. The van der Waals surface area contributed by atoms with E-state index in [2.05, 4.69) is 5.10 Å². The van der Waals surface area contributed by atoms with Crippen molar-refractivity contribution in [1.29, 1.82) is 0 Å². The molecule has 0 saturated carbocycles. The molecule has 0 aliphatic rings. The maximum Gasteiger partial charge on any atom is 0.197 e. The van der Waals surface area contributed by atoms with E-state index in [1.165, 1.54) is 0 Å². The number of carbonyl (C=O) groups is 1. The molecule has 2 heterocycles. The summed E-state index contributed by atoms with van der Waals surface area (Å²) in [4.78, 5) is 13.0. The summed E-state index contributed by atoms with van der Waals surface area (Å²) in [5, 5.41) is 4.56. The molecule has 2 aromatic heterocycles. The van der Waals surface area contributed by atoms with Gasteiger partial charge in [-0.2, -0.15) is 5.10 Å². The van der Waals surface area contributed by atoms with Crippen molar-refractivity contribution in [3.63, 3.8) is 0 Å². The zero-order valence-corrected chi connectivity index (χ0v) is 12.9. The van der Waals surface area contributed by atoms with E-state index in [9.17, 15) is 4.79 Å². The Morgan fingerprint density at radius 2 is 1.86 bits per heavy atom. The Morgan fingerprint density at radius 3 is 2.50 bits per heavy atom. The van der Waals surface area contributed by atoms with E-state index in [1.807, 2.05) is 38.2 Å². The number of nitrogens with zero attached hydrogens (tertiary/aromatic N) is 2. The number of hydrogen-bond donors (Lipinski definition) is 0. The zero-order valence-electron chi connectivity index (χ0n) is 12.9. The van der Waals surface area contributed by atoms with Crippen molar-refractivity contribution in [2.24, 2.45) is 0 Å². The van der Waals surface area contributed by atoms with Crippen LogP contribution >= 0.6 is 0 Å². The first-order valence-corrected chi connectivity index (χ1v) is 7.28. The Morgan fingerprint density at radius 1 is 1.14 bits per heavy atom. The largest absolute Gasteiger partial charge is 0.497 e. The molecular weight excluding hydrogens is 276 g/mol. The van der Waals surface area contributed by atoms with Crippen LogP contribution in [0, 0.1) is 0 Å². The van der Waals surface area contributed by atoms with Crippen molar-refractivity contribution in [3.8, 4) is 5.75 Å². The average molecular weight is 294 g/mol. The first kappa shape index (κ1) is 14.3. The topological polar surface area (TPSA) is 43.6 Å². The molecule has 1 aromatic carbocycles. The van der Waals surface area contributed by atoms with E-state index in [4.69, 9.17) is 4.74 Å². The molecule has 22 heavy (non-hydrogen) atoms. The third kappa shape index (κ3) is 2.37. The van der Waals surface area contributed by atoms with E-state index >= 15 is 0 Å². The number of ether oxygens (including phenoxy) is 1. The van der Waals surface area contributed by atoms with Gasteiger partial charge in [-0.05, 0) is 42.3 Å². The van der Waals surface area contributed by atoms with Crippen LogP contribution in [0.1, 0.15) is 41.4 Å². The molecule has 0 spiro atoms. The summed E-state index contributed by atoms with van der Waals surface area (Å²) in [6.07, 6.45) is 1.87. The number of aromatic nitrogens is 2. The van der Waals surface area contributed by atoms with Gasteiger partial charge >= 0.3 is 0 Å². The third-order valence-electron chi connectivity index (χ3n) is 3.69. The SMILES string of the molecule is COc1ccc(C(=O)c2c(C(C)C)nn3ccccc23)cc1. The summed E-state index contributed by atoms with van der Waals surface area (Å²) >= 11 is 0. The van der Waals surface area contributed by atoms with E-state index < -0.39 is 0 Å². The van der Waals surface area contributed by atoms with Gasteiger partial charge in [-0.25, -0.2) is 4.52 Å². The summed E-state index contributed by atoms with van der Waals surface area (Å²) in [7, 11) is 1.61. The number of hydrogen-bond acceptors (Lipinski definition) is 3. The normalized spacial score (nSPS) is 11.1. The van der Waals surface area contributed by atoms with Gasteiger partial charge in [-0.3, -0.25) is 4.79 Å². The van der Waals surface area contributed by atoms with E-state index in [0.29, 0.717) is 11.1 Å². The predicted octanol–water partition coefficient (Wildman–Crippen LogP) is 3.70. The van der Waals surface area contributed by atoms with Crippen molar-refractivity contribution in [2.75, 3.05) is 7.11 Å². The Balaban J connectivity index is 2.14. The molecular formula is C18H18N2O2. The van der Waals surface area contributed by atoms with Gasteiger partial charge in [0.25, 0.3) is 0 Å². The zero-order chi connectivity index (χ0) is 15.7. The summed E-state index contributed by atoms with van der Waals surface area (Å²) < 4.78 is 6.91. The number of ketones is 1. The number of rotatable bonds is 4. The molecule has 3 rings (SSSR count). The lowest BCUT2D eigenvalue weighted by molar-refractivity contribution is 0.103. The Kier molecular flexibility index (Phi) is 3.67. The minimum absolute atomic E-state index is 0.00690. The van der Waals surface area contributed by atoms with Crippen molar-refractivity contribution in [3.05, 3.63) is 65.5 Å². The van der Waals surface area contributed by atoms with Crippen molar-refractivity contribution in [1.82, 2.24) is 9.61 Å². The molecule has 0 amide bonds. The molecule has 3 aromatic rings. The average Bonchev–Trinajstić information content (AvgIpc) is 2.94. The van der Waals surface area contributed by atoms with Crippen LogP contribution in [0.25, 0.3) is 5.52 Å². The molecule has 0 aliphatic carbocycles. The molecule has 0 saturated heterocycles. The maximum atomic E-state index is 13.0. The molecule has 112 valence electrons. The van der Waals surface area contributed by atoms with Gasteiger partial charge in [-0.1, -0.05) is 19.9 Å². The van der Waals surface area contributed by atoms with Crippen LogP contribution in [-0.2, 0) is 0 Å². The molecule has 0 atom stereocenters. The van der Waals surface area contributed by atoms with Crippen LogP contribution in [0.5, 0.6) is 5.75 Å². The molecule has 0 unspecified atom stereocenters. The van der Waals surface area contributed by atoms with Crippen LogP contribution in [0.15, 0.2) is 48.7 Å². The van der Waals surface area contributed by atoms with Crippen LogP contribution in [-0.4, -0.2) is 22.5 Å². The van der Waals surface area contributed by atoms with Gasteiger partial charge in [0.05, 0.1) is 23.9 Å². The third-order valence-corrected chi connectivity index (χ3v) is 3.69. The second-order valence-electron chi connectivity index (χ2n) is 5.50. The van der Waals surface area contributed by atoms with E-state index in [1.54, 1.807) is 35.9 Å². The van der Waals surface area contributed by atoms with Crippen molar-refractivity contribution >= 4 is 11.3 Å². The van der Waals surface area contributed by atoms with Gasteiger partial charge in [0.2, 0.25) is 0 Å². The lowest BCUT2D eigenvalue weighted by Gasteiger charge is -2.06. The fourth-order valence-electron chi connectivity index (χ4n) is 2.54. The second-order valence-corrected chi connectivity index (χ2v) is 5.50. The van der Waals surface area contributed by atoms with E-state index in [-0.39, 0.29) is 11.7 Å². The minimum atomic E-state index is -0.00690. The molecule has 0 N–H and O–H groups in total. The molecule has 0 aliphatic heterocycles. The fourth-order valence-corrected chi connectivity index (χ4v) is 2.54. The molecule has 0 radical (unpaired) electrons. The number of methoxy groups -OCH3 is 1. The second kappa shape index (κ2) is 5.64. The van der Waals surface area contributed by atoms with E-state index in [0.717, 1.165) is 17.0 Å². The summed E-state index contributed by atoms with van der Waals surface area (Å²) in [5.41, 5.74) is 2.99. The first-order valence-electron chi connectivity index (χ1n) is 7.28. The predicted molar refractivity (Wildman–Crippen MR) is 85.7 cm³/mol. The monoisotopic (exact) mass is 294 g/mol. The molecule has 0 bridgehead atoms. The Hall–Kier alpha value is -2.62. The lowest BCUT2D eigenvalue weighted by atomic mass is 9.97. The van der Waals surface area contributed by atoms with Crippen LogP contribution in [0.4, 0.5) is 0 Å². The fraction of sp³-hybridized carbons (Fsp3) is 0.222. The van der Waals surface area contributed by atoms with Crippen LogP contribution < -0.4 is 4.74 Å². The van der Waals surface area contributed by atoms with Gasteiger partial charge < -0.3 is 4.74 Å². The van der Waals surface area contributed by atoms with Gasteiger partial charge in [-0.15, -0.1) is 0 Å². The summed E-state index contributed by atoms with van der Waals surface area (Å²) in [6.45, 7) is 4.10. The van der Waals surface area contributed by atoms with Crippen molar-refractivity contribution < 1.29 is 9.53 Å². The van der Waals surface area contributed by atoms with Gasteiger partial charge in [0, 0.05) is 11.8 Å². The first-order chi connectivity index (χ1) is 10.6. The molecule has 4 nitrogen and oxygen atoms in total. The molecule has 4 heteroatoms. The maximum absolute atomic E-state index is 13.0. The van der Waals surface area contributed by atoms with Gasteiger partial charge in [0.15, 0.2) is 5.78 Å². The van der Waals surface area contributed by atoms with Crippen LogP contribution in [0.2, 0.25) is 0 Å². The quantitative estimate of drug-likeness (QED) is 0.689. The number of pyridine rings is 1. The highest BCUT2D eigenvalue weighted by Crippen LogP contribution is 2.26. The van der Waals surface area contributed by atoms with Crippen molar-refractivity contribution in [2.45, 2.75) is 19.8 Å². The Bertz CT molecular complexity index is 817. The lowest BCUT2D eigenvalue weighted by Crippen LogP contribution is -2.05. The summed E-state index contributed by atoms with van der Waals surface area (Å²) in [5.74, 6) is 0.908. The van der Waals surface area contributed by atoms with Crippen LogP contribution in [0.3, 0.4) is 0 Å². The minimum Gasteiger partial charge on any atom is -0.497 e. The smallest absolute Gasteiger partial charge is 0.197 e. The Labute approximate surface area is 129 Å². The number of fused-ring (bicyclic) bond motifs is 1.